The molecule has 2 aromatic carbocycles. The molecule has 0 bridgehead atoms. The van der Waals surface area contributed by atoms with Crippen molar-refractivity contribution in [2.24, 2.45) is 0 Å². The second-order valence-corrected chi connectivity index (χ2v) is 7.15. The maximum atomic E-state index is 12.6. The molecular weight excluding hydrogens is 371 g/mol. The molecule has 0 aliphatic carbocycles. The molecule has 2 aliphatic heterocycles. The minimum absolute atomic E-state index is 0.302. The standard InChI is InChI=1S/C20H14Cl2N2O2/c1-9-7-11(3-5-13(9)21)17-15-16(20(26)23-17)18(24-19(15)25)12-4-6-14(22)10(2)8-12/h3-8H,1-2H3,(H,23,26)(H,24,25). The molecule has 0 saturated carbocycles. The summed E-state index contributed by atoms with van der Waals surface area (Å²) < 4.78 is 0. The molecule has 0 atom stereocenters. The van der Waals surface area contributed by atoms with Crippen molar-refractivity contribution in [1.82, 2.24) is 10.6 Å². The lowest BCUT2D eigenvalue weighted by Gasteiger charge is -2.09. The van der Waals surface area contributed by atoms with Crippen LogP contribution in [0.15, 0.2) is 47.5 Å². The Labute approximate surface area is 160 Å². The zero-order valence-electron chi connectivity index (χ0n) is 14.0. The fraction of sp³-hybridized carbons (Fsp3) is 0.100. The zero-order chi connectivity index (χ0) is 18.6. The van der Waals surface area contributed by atoms with Gasteiger partial charge in [-0.05, 0) is 60.4 Å². The van der Waals surface area contributed by atoms with E-state index in [-0.39, 0.29) is 11.8 Å². The number of carbonyl (C=O) groups is 2. The second kappa shape index (κ2) is 6.01. The number of amides is 2. The summed E-state index contributed by atoms with van der Waals surface area (Å²) in [6.45, 7) is 3.75. The first-order valence-electron chi connectivity index (χ1n) is 8.01. The lowest BCUT2D eigenvalue weighted by Crippen LogP contribution is -2.21. The van der Waals surface area contributed by atoms with E-state index < -0.39 is 0 Å². The van der Waals surface area contributed by atoms with Crippen molar-refractivity contribution in [2.45, 2.75) is 13.8 Å². The zero-order valence-corrected chi connectivity index (χ0v) is 15.5. The third kappa shape index (κ3) is 2.54. The number of fused-ring (bicyclic) bond motifs is 1. The van der Waals surface area contributed by atoms with Gasteiger partial charge in [-0.1, -0.05) is 35.3 Å². The van der Waals surface area contributed by atoms with Crippen LogP contribution in [0, 0.1) is 13.8 Å². The molecular formula is C20H14Cl2N2O2. The van der Waals surface area contributed by atoms with E-state index in [2.05, 4.69) is 10.6 Å². The maximum Gasteiger partial charge on any atom is 0.258 e. The van der Waals surface area contributed by atoms with E-state index in [0.29, 0.717) is 32.6 Å². The van der Waals surface area contributed by atoms with Gasteiger partial charge in [-0.15, -0.1) is 0 Å². The van der Waals surface area contributed by atoms with E-state index in [1.807, 2.05) is 26.0 Å². The Balaban J connectivity index is 1.90. The van der Waals surface area contributed by atoms with Gasteiger partial charge in [0.1, 0.15) is 0 Å². The number of aryl methyl sites for hydroxylation is 2. The van der Waals surface area contributed by atoms with Crippen LogP contribution in [0.25, 0.3) is 11.4 Å². The molecule has 2 amide bonds. The Morgan fingerprint density at radius 3 is 1.42 bits per heavy atom. The molecule has 2 heterocycles. The van der Waals surface area contributed by atoms with Crippen molar-refractivity contribution in [1.29, 1.82) is 0 Å². The molecule has 0 unspecified atom stereocenters. The number of hydrogen-bond donors (Lipinski definition) is 2. The SMILES string of the molecule is Cc1cc(C2=C3C(=O)NC(c4ccc(Cl)c(C)c4)=C3C(=O)N2)ccc1Cl. The molecule has 2 N–H and O–H groups in total. The van der Waals surface area contributed by atoms with Gasteiger partial charge in [-0.3, -0.25) is 9.59 Å². The molecule has 4 rings (SSSR count). The molecule has 4 nitrogen and oxygen atoms in total. The fourth-order valence-corrected chi connectivity index (χ4v) is 3.45. The second-order valence-electron chi connectivity index (χ2n) is 6.34. The van der Waals surface area contributed by atoms with E-state index >= 15 is 0 Å². The molecule has 130 valence electrons. The number of nitrogens with one attached hydrogen (secondary N) is 2. The van der Waals surface area contributed by atoms with Crippen molar-refractivity contribution in [2.75, 3.05) is 0 Å². The maximum absolute atomic E-state index is 12.6. The third-order valence-corrected chi connectivity index (χ3v) is 5.42. The predicted molar refractivity (Wildman–Crippen MR) is 103 cm³/mol. The van der Waals surface area contributed by atoms with Crippen molar-refractivity contribution in [3.63, 3.8) is 0 Å². The molecule has 0 fully saturated rings. The summed E-state index contributed by atoms with van der Waals surface area (Å²) in [5, 5.41) is 6.92. The van der Waals surface area contributed by atoms with E-state index in [4.69, 9.17) is 23.2 Å². The van der Waals surface area contributed by atoms with E-state index in [9.17, 15) is 9.59 Å². The molecule has 0 aromatic heterocycles. The topological polar surface area (TPSA) is 58.2 Å². The van der Waals surface area contributed by atoms with Crippen LogP contribution in [-0.2, 0) is 9.59 Å². The van der Waals surface area contributed by atoms with Gasteiger partial charge >= 0.3 is 0 Å². The minimum atomic E-state index is -0.302. The largest absolute Gasteiger partial charge is 0.321 e. The predicted octanol–water partition coefficient (Wildman–Crippen LogP) is 3.99. The Morgan fingerprint density at radius 2 is 1.08 bits per heavy atom. The van der Waals surface area contributed by atoms with Gasteiger partial charge in [0.25, 0.3) is 11.8 Å². The van der Waals surface area contributed by atoms with Crippen LogP contribution in [0.1, 0.15) is 22.3 Å². The van der Waals surface area contributed by atoms with Crippen LogP contribution in [0.3, 0.4) is 0 Å². The highest BCUT2D eigenvalue weighted by atomic mass is 35.5. The van der Waals surface area contributed by atoms with Crippen molar-refractivity contribution in [3.05, 3.63) is 79.8 Å². The minimum Gasteiger partial charge on any atom is -0.321 e. The molecule has 0 saturated heterocycles. The van der Waals surface area contributed by atoms with Crippen LogP contribution in [-0.4, -0.2) is 11.8 Å². The summed E-state index contributed by atoms with van der Waals surface area (Å²) in [7, 11) is 0. The number of hydrogen-bond acceptors (Lipinski definition) is 2. The lowest BCUT2D eigenvalue weighted by molar-refractivity contribution is -0.117. The van der Waals surface area contributed by atoms with Crippen molar-refractivity contribution < 1.29 is 9.59 Å². The fourth-order valence-electron chi connectivity index (χ4n) is 3.21. The van der Waals surface area contributed by atoms with E-state index in [0.717, 1.165) is 22.3 Å². The highest BCUT2D eigenvalue weighted by Crippen LogP contribution is 2.38. The quantitative estimate of drug-likeness (QED) is 0.821. The number of benzene rings is 2. The van der Waals surface area contributed by atoms with Crippen LogP contribution in [0.4, 0.5) is 0 Å². The lowest BCUT2D eigenvalue weighted by atomic mass is 10.0. The molecule has 0 radical (unpaired) electrons. The highest BCUT2D eigenvalue weighted by molar-refractivity contribution is 6.32. The van der Waals surface area contributed by atoms with E-state index in [1.165, 1.54) is 0 Å². The Bertz CT molecular complexity index is 982. The summed E-state index contributed by atoms with van der Waals surface area (Å²) in [5.74, 6) is -0.605. The van der Waals surface area contributed by atoms with Gasteiger partial charge in [-0.2, -0.15) is 0 Å². The summed E-state index contributed by atoms with van der Waals surface area (Å²) in [5.41, 5.74) is 4.96. The van der Waals surface area contributed by atoms with E-state index in [1.54, 1.807) is 24.3 Å². The molecule has 26 heavy (non-hydrogen) atoms. The molecule has 6 heteroatoms. The van der Waals surface area contributed by atoms with Gasteiger partial charge in [0.15, 0.2) is 0 Å². The van der Waals surface area contributed by atoms with Crippen LogP contribution >= 0.6 is 23.2 Å². The first-order valence-corrected chi connectivity index (χ1v) is 8.77. The van der Waals surface area contributed by atoms with Gasteiger partial charge in [0.05, 0.1) is 22.5 Å². The average molecular weight is 385 g/mol. The smallest absolute Gasteiger partial charge is 0.258 e. The average Bonchev–Trinajstić information content (AvgIpc) is 3.12. The molecule has 0 spiro atoms. The van der Waals surface area contributed by atoms with Crippen LogP contribution in [0.5, 0.6) is 0 Å². The van der Waals surface area contributed by atoms with Crippen LogP contribution in [0.2, 0.25) is 10.0 Å². The van der Waals surface area contributed by atoms with Gasteiger partial charge in [0, 0.05) is 10.0 Å². The number of carbonyl (C=O) groups excluding carboxylic acids is 2. The van der Waals surface area contributed by atoms with Crippen molar-refractivity contribution >= 4 is 46.4 Å². The first kappa shape index (κ1) is 16.9. The molecule has 2 aromatic rings. The Morgan fingerprint density at radius 1 is 0.692 bits per heavy atom. The third-order valence-electron chi connectivity index (χ3n) is 4.57. The highest BCUT2D eigenvalue weighted by Gasteiger charge is 2.40. The monoisotopic (exact) mass is 384 g/mol. The molecule has 2 aliphatic rings. The Kier molecular flexibility index (Phi) is 3.90. The van der Waals surface area contributed by atoms with Gasteiger partial charge in [0.2, 0.25) is 0 Å². The summed E-state index contributed by atoms with van der Waals surface area (Å²) >= 11 is 12.2. The van der Waals surface area contributed by atoms with Gasteiger partial charge in [-0.25, -0.2) is 0 Å². The number of rotatable bonds is 2. The van der Waals surface area contributed by atoms with Gasteiger partial charge < -0.3 is 10.6 Å². The Hall–Kier alpha value is -2.56. The van der Waals surface area contributed by atoms with Crippen LogP contribution < -0.4 is 10.6 Å². The van der Waals surface area contributed by atoms with Crippen molar-refractivity contribution in [3.8, 4) is 0 Å². The summed E-state index contributed by atoms with van der Waals surface area (Å²) in [6.07, 6.45) is 0. The first-order chi connectivity index (χ1) is 12.4. The summed E-state index contributed by atoms with van der Waals surface area (Å²) in [6, 6.07) is 10.8. The normalized spacial score (nSPS) is 16.2. The number of halogens is 2. The summed E-state index contributed by atoms with van der Waals surface area (Å²) in [4.78, 5) is 25.2.